The van der Waals surface area contributed by atoms with E-state index in [1.807, 2.05) is 54.6 Å². The quantitative estimate of drug-likeness (QED) is 0.0144. The van der Waals surface area contributed by atoms with E-state index in [4.69, 9.17) is 30.0 Å². The Kier molecular flexibility index (Phi) is 15.7. The Labute approximate surface area is 331 Å². The molecule has 0 amide bonds. The van der Waals surface area contributed by atoms with Gasteiger partial charge in [-0.2, -0.15) is 10.2 Å². The average molecular weight is 841 g/mol. The molecule has 0 aromatic heterocycles. The largest absolute Gasteiger partial charge is 2.00 e. The van der Waals surface area contributed by atoms with Gasteiger partial charge >= 0.3 is 17.1 Å². The molecule has 0 unspecified atom stereocenters. The number of nitrogens with one attached hydrogen (secondary N) is 2. The van der Waals surface area contributed by atoms with Crippen molar-refractivity contribution in [3.63, 3.8) is 0 Å². The molecule has 0 bridgehead atoms. The summed E-state index contributed by atoms with van der Waals surface area (Å²) in [7, 11) is -0.850. The van der Waals surface area contributed by atoms with Gasteiger partial charge in [0.05, 0.1) is 12.2 Å². The van der Waals surface area contributed by atoms with E-state index in [1.54, 1.807) is 18.2 Å². The summed E-state index contributed by atoms with van der Waals surface area (Å²) in [5.74, 6) is -11.0. The van der Waals surface area contributed by atoms with Gasteiger partial charge in [0.15, 0.2) is 29.6 Å². The van der Waals surface area contributed by atoms with Crippen molar-refractivity contribution in [1.29, 1.82) is 0 Å². The van der Waals surface area contributed by atoms with E-state index in [0.717, 1.165) is 15.9 Å². The fourth-order valence-electron chi connectivity index (χ4n) is 5.29. The second-order valence-corrected chi connectivity index (χ2v) is 15.2. The van der Waals surface area contributed by atoms with Crippen molar-refractivity contribution in [2.75, 3.05) is 26.5 Å². The van der Waals surface area contributed by atoms with Crippen molar-refractivity contribution in [2.24, 2.45) is 20.4 Å². The van der Waals surface area contributed by atoms with Crippen molar-refractivity contribution in [2.45, 2.75) is 0 Å². The van der Waals surface area contributed by atoms with Gasteiger partial charge in [-0.15, -0.1) is 10.2 Å². The van der Waals surface area contributed by atoms with Crippen LogP contribution in [0.25, 0.3) is 0 Å². The molecule has 54 heavy (non-hydrogen) atoms. The summed E-state index contributed by atoms with van der Waals surface area (Å²) in [5, 5.41) is 23.9. The van der Waals surface area contributed by atoms with Crippen LogP contribution in [-0.2, 0) is 47.1 Å². The van der Waals surface area contributed by atoms with Crippen LogP contribution in [0.15, 0.2) is 142 Å². The van der Waals surface area contributed by atoms with Crippen LogP contribution in [0.5, 0.6) is 0 Å². The van der Waals surface area contributed by atoms with Crippen LogP contribution in [0.3, 0.4) is 0 Å². The molecule has 16 heteroatoms. The monoisotopic (exact) mass is 840 g/mol. The van der Waals surface area contributed by atoms with Crippen LogP contribution in [0, 0.1) is 29.1 Å². The molecule has 0 saturated carbocycles. The molecule has 0 aliphatic rings. The molecule has 2 N–H and O–H groups in total. The van der Waals surface area contributed by atoms with Gasteiger partial charge in [0.2, 0.25) is 5.82 Å². The summed E-state index contributed by atoms with van der Waals surface area (Å²) in [5.41, 5.74) is -2.46. The van der Waals surface area contributed by atoms with Gasteiger partial charge in [-0.1, -0.05) is 84.9 Å². The normalized spacial score (nSPS) is 12.6. The summed E-state index contributed by atoms with van der Waals surface area (Å²) in [6, 6.07) is 38.3. The fourth-order valence-corrected chi connectivity index (χ4v) is 9.26. The number of nitrogens with zero attached hydrogens (tertiary/aromatic N) is 4. The van der Waals surface area contributed by atoms with Crippen LogP contribution in [0.1, 0.15) is 11.1 Å². The molecule has 0 saturated heterocycles. The zero-order chi connectivity index (χ0) is 37.8. The number of benzene rings is 5. The van der Waals surface area contributed by atoms with Gasteiger partial charge in [-0.3, -0.25) is 0 Å². The molecule has 5 aromatic carbocycles. The SMILES string of the molecule is CN/C([S-])=N/N=C(/C(=N/N=C(\[S-])NCCOC[P+](c1ccccc1)(c1ccccc1)c1ccccc1)c1ccccc1)c1c(F)c(F)c(F)c(F)c1F.[Cu+2]. The van der Waals surface area contributed by atoms with E-state index in [-0.39, 0.29) is 46.1 Å². The Balaban J connectivity index is 0.00000650. The zero-order valence-corrected chi connectivity index (χ0v) is 31.8. The Bertz CT molecular complexity index is 2010. The second kappa shape index (κ2) is 20.2. The van der Waals surface area contributed by atoms with Crippen LogP contribution in [0.2, 0.25) is 0 Å². The molecule has 0 aliphatic heterocycles. The Morgan fingerprint density at radius 3 is 1.44 bits per heavy atom. The zero-order valence-electron chi connectivity index (χ0n) is 28.3. The van der Waals surface area contributed by atoms with Crippen LogP contribution < -0.4 is 26.5 Å². The van der Waals surface area contributed by atoms with E-state index < -0.39 is 53.3 Å². The molecule has 0 atom stereocenters. The van der Waals surface area contributed by atoms with Crippen LogP contribution in [-0.4, -0.2) is 48.3 Å². The molecular formula is C38H31CuF5N6OPS2+. The molecule has 5 aromatic rings. The van der Waals surface area contributed by atoms with E-state index in [0.29, 0.717) is 6.35 Å². The van der Waals surface area contributed by atoms with Gasteiger partial charge in [-0.05, 0) is 46.7 Å². The average Bonchev–Trinajstić information content (AvgIpc) is 3.20. The first-order chi connectivity index (χ1) is 25.7. The van der Waals surface area contributed by atoms with Crippen LogP contribution in [0.4, 0.5) is 22.0 Å². The maximum absolute atomic E-state index is 15.2. The van der Waals surface area contributed by atoms with E-state index >= 15 is 8.78 Å². The number of hydrogen-bond acceptors (Lipinski definition) is 7. The Hall–Kier alpha value is -4.62. The predicted octanol–water partition coefficient (Wildman–Crippen LogP) is 6.07. The van der Waals surface area contributed by atoms with E-state index in [2.05, 4.69) is 67.4 Å². The van der Waals surface area contributed by atoms with Gasteiger partial charge in [-0.25, -0.2) is 22.0 Å². The number of ether oxygens (including phenoxy) is 1. The molecule has 0 fully saturated rings. The predicted molar refractivity (Wildman–Crippen MR) is 208 cm³/mol. The summed E-state index contributed by atoms with van der Waals surface area (Å²) in [6.07, 6.45) is 0.382. The molecule has 7 nitrogen and oxygen atoms in total. The smallest absolute Gasteiger partial charge is 0.741 e. The van der Waals surface area contributed by atoms with Crippen molar-refractivity contribution in [1.82, 2.24) is 10.6 Å². The van der Waals surface area contributed by atoms with Gasteiger partial charge in [0, 0.05) is 19.2 Å². The summed E-state index contributed by atoms with van der Waals surface area (Å²) >= 11 is 10.3. The van der Waals surface area contributed by atoms with Gasteiger partial charge in [0.1, 0.15) is 34.6 Å². The summed E-state index contributed by atoms with van der Waals surface area (Å²) in [6.45, 7) is 0.401. The van der Waals surface area contributed by atoms with Gasteiger partial charge < -0.3 is 40.6 Å². The van der Waals surface area contributed by atoms with Crippen molar-refractivity contribution in [3.05, 3.63) is 162 Å². The number of hydrogen-bond donors (Lipinski definition) is 2. The number of halogens is 5. The minimum atomic E-state index is -2.34. The minimum Gasteiger partial charge on any atom is -0.741 e. The van der Waals surface area contributed by atoms with E-state index in [1.165, 1.54) is 19.2 Å². The first-order valence-electron chi connectivity index (χ1n) is 16.0. The molecule has 0 spiro atoms. The Morgan fingerprint density at radius 1 is 0.574 bits per heavy atom. The standard InChI is InChI=1S/C38H32F5N6OPS2.Cu/c1-44-37(52)48-47-36(29-30(39)32(41)34(43)33(42)31(29)40)35(25-14-6-2-7-15-25)46-49-38(53)45-22-23-50-24-51(26-16-8-3-9-17-26,27-18-10-4-11-19-27)28-20-12-5-13-21-28;/h2-21H,22-24H2,1H3,(H3-,44,45,46,47,48,49,52,53);/q;+2/p-1. The maximum atomic E-state index is 15.2. The first kappa shape index (κ1) is 42.1. The molecule has 5 rings (SSSR count). The minimum absolute atomic E-state index is 0. The molecule has 1 radical (unpaired) electrons. The fraction of sp³-hybridized carbons (Fsp3) is 0.105. The first-order valence-corrected chi connectivity index (χ1v) is 18.7. The third-order valence-corrected chi connectivity index (χ3v) is 12.4. The maximum Gasteiger partial charge on any atom is 2.00 e. The summed E-state index contributed by atoms with van der Waals surface area (Å²) < 4.78 is 79.4. The van der Waals surface area contributed by atoms with Crippen LogP contribution >= 0.6 is 7.26 Å². The third-order valence-electron chi connectivity index (χ3n) is 7.81. The van der Waals surface area contributed by atoms with E-state index in [9.17, 15) is 13.2 Å². The molecule has 0 heterocycles. The second-order valence-electron chi connectivity index (χ2n) is 11.0. The van der Waals surface area contributed by atoms with Crippen molar-refractivity contribution < 1.29 is 43.8 Å². The van der Waals surface area contributed by atoms with Crippen molar-refractivity contribution >= 4 is 70.2 Å². The molecular weight excluding hydrogens is 810 g/mol. The molecule has 0 aliphatic carbocycles. The third kappa shape index (κ3) is 9.72. The molecule has 281 valence electrons. The van der Waals surface area contributed by atoms with Gasteiger partial charge in [0.25, 0.3) is 0 Å². The number of amidine groups is 2. The van der Waals surface area contributed by atoms with Crippen molar-refractivity contribution in [3.8, 4) is 0 Å². The summed E-state index contributed by atoms with van der Waals surface area (Å²) in [4.78, 5) is 0. The topological polar surface area (TPSA) is 82.7 Å². The Morgan fingerprint density at radius 2 is 0.981 bits per heavy atom. The number of rotatable bonds is 13.